The molecular formula is C17H19N3O11S2. The number of carboxylic acids is 1. The smallest absolute Gasteiger partial charge is 0.335 e. The van der Waals surface area contributed by atoms with Crippen LogP contribution >= 0.6 is 0 Å². The number of sulfonamides is 1. The topological polar surface area (TPSA) is 235 Å². The summed E-state index contributed by atoms with van der Waals surface area (Å²) in [6, 6.07) is 9.51. The van der Waals surface area contributed by atoms with Crippen molar-refractivity contribution in [3.05, 3.63) is 79.9 Å². The number of rotatable bonds is 6. The van der Waals surface area contributed by atoms with Gasteiger partial charge in [-0.2, -0.15) is 0 Å². The molecule has 33 heavy (non-hydrogen) atoms. The Labute approximate surface area is 187 Å². The largest absolute Gasteiger partial charge is 0.478 e. The predicted molar refractivity (Wildman–Crippen MR) is 116 cm³/mol. The van der Waals surface area contributed by atoms with E-state index in [0.29, 0.717) is 0 Å². The number of carbonyl (C=O) groups excluding carboxylic acids is 1. The summed E-state index contributed by atoms with van der Waals surface area (Å²) in [6.45, 7) is 0. The van der Waals surface area contributed by atoms with Gasteiger partial charge in [0, 0.05) is 36.1 Å². The number of nitrogens with two attached hydrogens (primary N) is 1. The minimum absolute atomic E-state index is 0.0422. The predicted octanol–water partition coefficient (Wildman–Crippen LogP) is 1.02. The van der Waals surface area contributed by atoms with Gasteiger partial charge in [0.2, 0.25) is 10.0 Å². The quantitative estimate of drug-likeness (QED) is 0.319. The van der Waals surface area contributed by atoms with Gasteiger partial charge < -0.3 is 5.11 Å². The Balaban J connectivity index is 0.000000530. The van der Waals surface area contributed by atoms with Crippen LogP contribution in [0.4, 0.5) is 11.4 Å². The zero-order valence-electron chi connectivity index (χ0n) is 17.1. The van der Waals surface area contributed by atoms with Crippen molar-refractivity contribution in [1.82, 2.24) is 0 Å². The summed E-state index contributed by atoms with van der Waals surface area (Å²) in [4.78, 5) is 41.0. The highest BCUT2D eigenvalue weighted by Crippen LogP contribution is 2.13. The maximum Gasteiger partial charge on any atom is 0.335 e. The molecule has 0 aliphatic carbocycles. The molecule has 0 heterocycles. The second-order valence-corrected chi connectivity index (χ2v) is 10.0. The molecule has 180 valence electrons. The van der Waals surface area contributed by atoms with Crippen molar-refractivity contribution >= 4 is 43.0 Å². The number of primary sulfonamides is 1. The number of nitro groups is 2. The van der Waals surface area contributed by atoms with Crippen LogP contribution in [0, 0.1) is 20.2 Å². The van der Waals surface area contributed by atoms with Crippen LogP contribution in [-0.4, -0.2) is 61.8 Å². The highest BCUT2D eigenvalue weighted by Gasteiger charge is 2.14. The number of benzene rings is 2. The number of Topliss-reactive ketones (excluding diaryl/α,β-unsaturated/α-hetero) is 1. The third kappa shape index (κ3) is 14.0. The molecule has 0 aliphatic heterocycles. The standard InChI is InChI=1S/C9H9NO5S.C7H5NO4.CH5NO2S/c1-16(14,15)6-9(11)7-2-4-8(5-3-7)10(12)13;9-7(10)5-1-3-6(4-2-5)8(11)12;1-5(2,3)4/h2-5H,6H2,1H3;1-4H,(H,9,10);1H3,(H2,2,3,4). The van der Waals surface area contributed by atoms with E-state index < -0.39 is 47.2 Å². The Kier molecular flexibility index (Phi) is 10.9. The number of aromatic carboxylic acids is 1. The van der Waals surface area contributed by atoms with Gasteiger partial charge in [-0.25, -0.2) is 26.8 Å². The summed E-state index contributed by atoms with van der Waals surface area (Å²) in [5, 5.41) is 33.2. The number of sulfone groups is 1. The number of non-ortho nitro benzene ring substituents is 2. The highest BCUT2D eigenvalue weighted by molar-refractivity contribution is 7.91. The highest BCUT2D eigenvalue weighted by atomic mass is 32.2. The molecule has 0 fully saturated rings. The average molecular weight is 505 g/mol. The number of hydrogen-bond donors (Lipinski definition) is 2. The fourth-order valence-corrected chi connectivity index (χ4v) is 2.46. The molecule has 0 aliphatic rings. The number of ketones is 1. The molecule has 0 spiro atoms. The van der Waals surface area contributed by atoms with Crippen molar-refractivity contribution in [2.24, 2.45) is 5.14 Å². The van der Waals surface area contributed by atoms with Crippen LogP contribution in [0.2, 0.25) is 0 Å². The molecule has 0 unspecified atom stereocenters. The molecular weight excluding hydrogens is 486 g/mol. The van der Waals surface area contributed by atoms with Gasteiger partial charge in [0.15, 0.2) is 15.6 Å². The molecule has 0 aromatic heterocycles. The first-order valence-corrected chi connectivity index (χ1v) is 12.3. The number of nitrogens with zero attached hydrogens (tertiary/aromatic N) is 2. The molecule has 0 radical (unpaired) electrons. The van der Waals surface area contributed by atoms with E-state index in [1.807, 2.05) is 0 Å². The van der Waals surface area contributed by atoms with Gasteiger partial charge in [0.05, 0.1) is 21.7 Å². The zero-order valence-corrected chi connectivity index (χ0v) is 18.8. The number of carbonyl (C=O) groups is 2. The van der Waals surface area contributed by atoms with Crippen molar-refractivity contribution < 1.29 is 41.4 Å². The second-order valence-electron chi connectivity index (χ2n) is 6.24. The molecule has 2 aromatic rings. The average Bonchev–Trinajstić information content (AvgIpc) is 2.66. The maximum atomic E-state index is 11.4. The lowest BCUT2D eigenvalue weighted by Gasteiger charge is -1.98. The van der Waals surface area contributed by atoms with E-state index in [2.05, 4.69) is 5.14 Å². The van der Waals surface area contributed by atoms with Crippen LogP contribution in [0.15, 0.2) is 48.5 Å². The lowest BCUT2D eigenvalue weighted by Crippen LogP contribution is -2.14. The number of nitro benzene ring substituents is 2. The second kappa shape index (κ2) is 12.3. The van der Waals surface area contributed by atoms with E-state index in [1.165, 1.54) is 24.3 Å². The van der Waals surface area contributed by atoms with Gasteiger partial charge in [-0.1, -0.05) is 0 Å². The molecule has 0 atom stereocenters. The van der Waals surface area contributed by atoms with E-state index in [0.717, 1.165) is 36.8 Å². The monoisotopic (exact) mass is 505 g/mol. The molecule has 0 saturated heterocycles. The van der Waals surface area contributed by atoms with Crippen LogP contribution in [0.25, 0.3) is 0 Å². The molecule has 14 nitrogen and oxygen atoms in total. The lowest BCUT2D eigenvalue weighted by molar-refractivity contribution is -0.385. The van der Waals surface area contributed by atoms with Crippen molar-refractivity contribution in [1.29, 1.82) is 0 Å². The normalized spacial score (nSPS) is 10.5. The van der Waals surface area contributed by atoms with Gasteiger partial charge in [0.25, 0.3) is 11.4 Å². The number of carboxylic acid groups (broad SMARTS) is 1. The fourth-order valence-electron chi connectivity index (χ4n) is 1.82. The van der Waals surface area contributed by atoms with E-state index >= 15 is 0 Å². The first-order valence-electron chi connectivity index (χ1n) is 8.31. The van der Waals surface area contributed by atoms with Crippen LogP contribution in [-0.2, 0) is 19.9 Å². The van der Waals surface area contributed by atoms with Crippen molar-refractivity contribution in [3.8, 4) is 0 Å². The minimum Gasteiger partial charge on any atom is -0.478 e. The molecule has 16 heteroatoms. The summed E-state index contributed by atoms with van der Waals surface area (Å²) in [5.41, 5.74) is -0.0625. The van der Waals surface area contributed by atoms with E-state index in [1.54, 1.807) is 0 Å². The fraction of sp³-hybridized carbons (Fsp3) is 0.176. The van der Waals surface area contributed by atoms with Crippen LogP contribution in [0.3, 0.4) is 0 Å². The molecule has 0 saturated carbocycles. The molecule has 2 aromatic carbocycles. The summed E-state index contributed by atoms with van der Waals surface area (Å²) in [7, 11) is -6.55. The summed E-state index contributed by atoms with van der Waals surface area (Å²) in [6.07, 6.45) is 1.89. The molecule has 3 N–H and O–H groups in total. The van der Waals surface area contributed by atoms with Crippen molar-refractivity contribution in [3.63, 3.8) is 0 Å². The van der Waals surface area contributed by atoms with Crippen LogP contribution in [0.1, 0.15) is 20.7 Å². The molecule has 2 rings (SSSR count). The van der Waals surface area contributed by atoms with Crippen molar-refractivity contribution in [2.45, 2.75) is 0 Å². The number of hydrogen-bond acceptors (Lipinski definition) is 10. The Morgan fingerprint density at radius 2 is 1.12 bits per heavy atom. The van der Waals surface area contributed by atoms with Gasteiger partial charge in [-0.3, -0.25) is 25.0 Å². The third-order valence-electron chi connectivity index (χ3n) is 3.12. The molecule has 0 bridgehead atoms. The first-order chi connectivity index (χ1) is 14.9. The van der Waals surface area contributed by atoms with Gasteiger partial charge in [-0.15, -0.1) is 0 Å². The minimum atomic E-state index is -3.38. The van der Waals surface area contributed by atoms with Crippen LogP contribution in [0.5, 0.6) is 0 Å². The summed E-state index contributed by atoms with van der Waals surface area (Å²) in [5.74, 6) is -2.26. The Morgan fingerprint density at radius 1 is 0.818 bits per heavy atom. The van der Waals surface area contributed by atoms with E-state index in [9.17, 15) is 46.7 Å². The summed E-state index contributed by atoms with van der Waals surface area (Å²) < 4.78 is 40.5. The maximum absolute atomic E-state index is 11.4. The Hall–Kier alpha value is -3.76. The third-order valence-corrected chi connectivity index (χ3v) is 3.91. The SMILES string of the molecule is CS(=O)(=O)CC(=O)c1ccc([N+](=O)[O-])cc1.CS(N)(=O)=O.O=C(O)c1ccc([N+](=O)[O-])cc1. The zero-order chi connectivity index (χ0) is 26.0. The first kappa shape index (κ1) is 29.2. The van der Waals surface area contributed by atoms with Crippen molar-refractivity contribution in [2.75, 3.05) is 18.3 Å². The Bertz CT molecular complexity index is 1180. The van der Waals surface area contributed by atoms with Gasteiger partial charge in [0.1, 0.15) is 5.75 Å². The van der Waals surface area contributed by atoms with Crippen LogP contribution < -0.4 is 5.14 Å². The summed E-state index contributed by atoms with van der Waals surface area (Å²) >= 11 is 0. The Morgan fingerprint density at radius 3 is 1.36 bits per heavy atom. The lowest BCUT2D eigenvalue weighted by atomic mass is 10.1. The molecule has 0 amide bonds. The van der Waals surface area contributed by atoms with E-state index in [-0.39, 0.29) is 22.5 Å². The van der Waals surface area contributed by atoms with Gasteiger partial charge in [-0.05, 0) is 24.3 Å². The van der Waals surface area contributed by atoms with Gasteiger partial charge >= 0.3 is 5.97 Å². The van der Waals surface area contributed by atoms with E-state index in [4.69, 9.17) is 5.11 Å².